The molecule has 1 amide bonds. The van der Waals surface area contributed by atoms with E-state index in [1.54, 1.807) is 17.0 Å². The zero-order valence-corrected chi connectivity index (χ0v) is 13.3. The lowest BCUT2D eigenvalue weighted by atomic mass is 10.3. The van der Waals surface area contributed by atoms with Crippen molar-refractivity contribution in [2.75, 3.05) is 5.32 Å². The van der Waals surface area contributed by atoms with Crippen LogP contribution in [0.2, 0.25) is 0 Å². The first-order valence-electron chi connectivity index (χ1n) is 7.16. The van der Waals surface area contributed by atoms with Crippen molar-refractivity contribution in [2.45, 2.75) is 13.3 Å². The second kappa shape index (κ2) is 6.97. The van der Waals surface area contributed by atoms with Gasteiger partial charge in [-0.2, -0.15) is 5.10 Å². The zero-order chi connectivity index (χ0) is 16.1. The number of nitrogens with zero attached hydrogens (tertiary/aromatic N) is 4. The van der Waals surface area contributed by atoms with Crippen LogP contribution in [0.25, 0.3) is 11.8 Å². The Balaban J connectivity index is 1.63. The van der Waals surface area contributed by atoms with Gasteiger partial charge < -0.3 is 0 Å². The molecule has 0 aliphatic heterocycles. The number of nitrogens with one attached hydrogen (secondary N) is 1. The number of para-hydroxylation sites is 1. The predicted octanol–water partition coefficient (Wildman–Crippen LogP) is 2.94. The summed E-state index contributed by atoms with van der Waals surface area (Å²) in [6, 6.07) is 9.79. The third kappa shape index (κ3) is 3.89. The number of aromatic nitrogens is 4. The summed E-state index contributed by atoms with van der Waals surface area (Å²) in [5.41, 5.74) is 1.81. The number of carbonyl (C=O) groups is 1. The van der Waals surface area contributed by atoms with E-state index in [-0.39, 0.29) is 5.91 Å². The average Bonchev–Trinajstić information content (AvgIpc) is 3.23. The minimum atomic E-state index is -0.240. The van der Waals surface area contributed by atoms with Gasteiger partial charge in [-0.1, -0.05) is 36.5 Å². The largest absolute Gasteiger partial charge is 0.297 e. The van der Waals surface area contributed by atoms with Crippen LogP contribution in [-0.2, 0) is 11.2 Å². The standard InChI is InChI=1S/C16H15N5OS/c1-2-15-19-20-16(23-15)18-14(22)9-8-12-10-17-21(11-12)13-6-4-3-5-7-13/h3-11H,2H2,1H3,(H,18,20,22)/b9-8+. The molecule has 0 fully saturated rings. The van der Waals surface area contributed by atoms with Crippen LogP contribution < -0.4 is 5.32 Å². The van der Waals surface area contributed by atoms with E-state index in [1.807, 2.05) is 43.5 Å². The molecule has 0 aliphatic carbocycles. The molecule has 6 nitrogen and oxygen atoms in total. The summed E-state index contributed by atoms with van der Waals surface area (Å²) >= 11 is 1.38. The maximum Gasteiger partial charge on any atom is 0.250 e. The second-order valence-electron chi connectivity index (χ2n) is 4.73. The van der Waals surface area contributed by atoms with Gasteiger partial charge in [0.2, 0.25) is 11.0 Å². The first-order chi connectivity index (χ1) is 11.2. The van der Waals surface area contributed by atoms with Crippen LogP contribution in [0.5, 0.6) is 0 Å². The summed E-state index contributed by atoms with van der Waals surface area (Å²) in [6.07, 6.45) is 7.54. The maximum atomic E-state index is 11.9. The quantitative estimate of drug-likeness (QED) is 0.732. The number of rotatable bonds is 5. The van der Waals surface area contributed by atoms with Crippen LogP contribution in [0.4, 0.5) is 5.13 Å². The minimum absolute atomic E-state index is 0.240. The van der Waals surface area contributed by atoms with Crippen LogP contribution in [-0.4, -0.2) is 25.9 Å². The number of aryl methyl sites for hydroxylation is 1. The fourth-order valence-corrected chi connectivity index (χ4v) is 2.59. The van der Waals surface area contributed by atoms with Crippen molar-refractivity contribution < 1.29 is 4.79 Å². The maximum absolute atomic E-state index is 11.9. The summed E-state index contributed by atoms with van der Waals surface area (Å²) in [5, 5.41) is 16.3. The van der Waals surface area contributed by atoms with Crippen molar-refractivity contribution in [2.24, 2.45) is 0 Å². The van der Waals surface area contributed by atoms with Crippen LogP contribution in [0.1, 0.15) is 17.5 Å². The number of benzene rings is 1. The second-order valence-corrected chi connectivity index (χ2v) is 5.79. The highest BCUT2D eigenvalue weighted by atomic mass is 32.1. The van der Waals surface area contributed by atoms with E-state index >= 15 is 0 Å². The lowest BCUT2D eigenvalue weighted by Gasteiger charge is -1.98. The Kier molecular flexibility index (Phi) is 4.58. The van der Waals surface area contributed by atoms with Crippen molar-refractivity contribution in [3.63, 3.8) is 0 Å². The Morgan fingerprint density at radius 3 is 2.87 bits per heavy atom. The van der Waals surface area contributed by atoms with Crippen LogP contribution in [0.3, 0.4) is 0 Å². The lowest BCUT2D eigenvalue weighted by molar-refractivity contribution is -0.111. The van der Waals surface area contributed by atoms with Gasteiger partial charge in [-0.25, -0.2) is 4.68 Å². The van der Waals surface area contributed by atoms with Crippen molar-refractivity contribution in [1.82, 2.24) is 20.0 Å². The molecule has 0 aliphatic rings. The van der Waals surface area contributed by atoms with Gasteiger partial charge in [-0.15, -0.1) is 10.2 Å². The van der Waals surface area contributed by atoms with Crippen LogP contribution >= 0.6 is 11.3 Å². The Labute approximate surface area is 137 Å². The number of hydrogen-bond acceptors (Lipinski definition) is 5. The average molecular weight is 325 g/mol. The van der Waals surface area contributed by atoms with Gasteiger partial charge in [-0.05, 0) is 24.6 Å². The van der Waals surface area contributed by atoms with E-state index in [2.05, 4.69) is 20.6 Å². The van der Waals surface area contributed by atoms with Crippen LogP contribution in [0.15, 0.2) is 48.8 Å². The lowest BCUT2D eigenvalue weighted by Crippen LogP contribution is -2.07. The summed E-state index contributed by atoms with van der Waals surface area (Å²) in [4.78, 5) is 11.9. The van der Waals surface area contributed by atoms with Gasteiger partial charge in [0.1, 0.15) is 5.01 Å². The summed E-state index contributed by atoms with van der Waals surface area (Å²) < 4.78 is 1.76. The van der Waals surface area contributed by atoms with E-state index < -0.39 is 0 Å². The molecule has 1 N–H and O–H groups in total. The number of anilines is 1. The highest BCUT2D eigenvalue weighted by Crippen LogP contribution is 2.15. The summed E-state index contributed by atoms with van der Waals surface area (Å²) in [7, 11) is 0. The Hall–Kier alpha value is -2.80. The van der Waals surface area contributed by atoms with Crippen molar-refractivity contribution in [3.8, 4) is 5.69 Å². The molecule has 0 spiro atoms. The van der Waals surface area contributed by atoms with Gasteiger partial charge in [-0.3, -0.25) is 10.1 Å². The third-order valence-electron chi connectivity index (χ3n) is 3.05. The predicted molar refractivity (Wildman–Crippen MR) is 90.5 cm³/mol. The monoisotopic (exact) mass is 325 g/mol. The van der Waals surface area contributed by atoms with E-state index in [9.17, 15) is 4.79 Å². The molecule has 0 unspecified atom stereocenters. The molecular weight excluding hydrogens is 310 g/mol. The molecule has 0 saturated heterocycles. The molecule has 2 aromatic heterocycles. The van der Waals surface area contributed by atoms with E-state index in [0.717, 1.165) is 22.7 Å². The first-order valence-corrected chi connectivity index (χ1v) is 7.98. The van der Waals surface area contributed by atoms with E-state index in [4.69, 9.17) is 0 Å². The molecule has 1 aromatic carbocycles. The molecule has 3 aromatic rings. The first kappa shape index (κ1) is 15.1. The molecule has 0 saturated carbocycles. The number of hydrogen-bond donors (Lipinski definition) is 1. The van der Waals surface area contributed by atoms with Gasteiger partial charge in [0.15, 0.2) is 0 Å². The number of carbonyl (C=O) groups excluding carboxylic acids is 1. The normalized spacial score (nSPS) is 11.0. The number of amides is 1. The highest BCUT2D eigenvalue weighted by Gasteiger charge is 2.05. The van der Waals surface area contributed by atoms with Gasteiger partial charge in [0.25, 0.3) is 0 Å². The molecule has 2 heterocycles. The SMILES string of the molecule is CCc1nnc(NC(=O)/C=C/c2cnn(-c3ccccc3)c2)s1. The van der Waals surface area contributed by atoms with Crippen molar-refractivity contribution >= 4 is 28.5 Å². The smallest absolute Gasteiger partial charge is 0.250 e. The minimum Gasteiger partial charge on any atom is -0.297 e. The van der Waals surface area contributed by atoms with E-state index in [0.29, 0.717) is 5.13 Å². The topological polar surface area (TPSA) is 72.7 Å². The van der Waals surface area contributed by atoms with Crippen molar-refractivity contribution in [1.29, 1.82) is 0 Å². The third-order valence-corrected chi connectivity index (χ3v) is 4.03. The Bertz CT molecular complexity index is 822. The summed E-state index contributed by atoms with van der Waals surface area (Å²) in [6.45, 7) is 2.00. The Morgan fingerprint density at radius 2 is 2.13 bits per heavy atom. The molecule has 23 heavy (non-hydrogen) atoms. The molecular formula is C16H15N5OS. The fourth-order valence-electron chi connectivity index (χ4n) is 1.91. The van der Waals surface area contributed by atoms with Gasteiger partial charge in [0.05, 0.1) is 11.9 Å². The molecule has 0 bridgehead atoms. The van der Waals surface area contributed by atoms with Gasteiger partial charge >= 0.3 is 0 Å². The van der Waals surface area contributed by atoms with Crippen molar-refractivity contribution in [3.05, 3.63) is 59.4 Å². The van der Waals surface area contributed by atoms with Gasteiger partial charge in [0, 0.05) is 17.8 Å². The van der Waals surface area contributed by atoms with E-state index in [1.165, 1.54) is 17.4 Å². The fraction of sp³-hybridized carbons (Fsp3) is 0.125. The molecule has 0 atom stereocenters. The van der Waals surface area contributed by atoms with Crippen LogP contribution in [0, 0.1) is 0 Å². The highest BCUT2D eigenvalue weighted by molar-refractivity contribution is 7.15. The molecule has 116 valence electrons. The zero-order valence-electron chi connectivity index (χ0n) is 12.5. The molecule has 7 heteroatoms. The molecule has 0 radical (unpaired) electrons. The summed E-state index contributed by atoms with van der Waals surface area (Å²) in [5.74, 6) is -0.240. The molecule has 3 rings (SSSR count). The Morgan fingerprint density at radius 1 is 1.30 bits per heavy atom.